The van der Waals surface area contributed by atoms with Gasteiger partial charge in [-0.05, 0) is 18.6 Å². The Morgan fingerprint density at radius 3 is 3.33 bits per heavy atom. The van der Waals surface area contributed by atoms with Crippen molar-refractivity contribution in [1.29, 1.82) is 0 Å². The number of hydrogen-bond acceptors (Lipinski definition) is 2. The van der Waals surface area contributed by atoms with Gasteiger partial charge in [0, 0.05) is 12.1 Å². The highest BCUT2D eigenvalue weighted by Gasteiger charge is 2.28. The molecular weight excluding hydrogens is 154 g/mol. The molecule has 1 amide bonds. The number of carbonyl (C=O) groups excluding carboxylic acids is 1. The van der Waals surface area contributed by atoms with E-state index in [-0.39, 0.29) is 6.09 Å². The van der Waals surface area contributed by atoms with Gasteiger partial charge in [-0.2, -0.15) is 0 Å². The molecule has 0 radical (unpaired) electrons. The van der Waals surface area contributed by atoms with Gasteiger partial charge in [-0.3, -0.25) is 4.90 Å². The van der Waals surface area contributed by atoms with Crippen LogP contribution in [0.25, 0.3) is 0 Å². The Bertz CT molecular complexity index is 321. The van der Waals surface area contributed by atoms with Crippen LogP contribution in [0, 0.1) is 0 Å². The van der Waals surface area contributed by atoms with Gasteiger partial charge in [-0.1, -0.05) is 0 Å². The van der Waals surface area contributed by atoms with E-state index < -0.39 is 0 Å². The lowest BCUT2D eigenvalue weighted by atomic mass is 10.2. The van der Waals surface area contributed by atoms with Gasteiger partial charge in [0.05, 0.1) is 12.8 Å². The van der Waals surface area contributed by atoms with E-state index in [1.165, 1.54) is 7.11 Å². The molecule has 0 N–H and O–H groups in total. The van der Waals surface area contributed by atoms with E-state index in [0.29, 0.717) is 6.54 Å². The third kappa shape index (κ3) is 0.874. The highest BCUT2D eigenvalue weighted by molar-refractivity contribution is 5.73. The Hall–Kier alpha value is -1.47. The lowest BCUT2D eigenvalue weighted by Gasteiger charge is -2.14. The fourth-order valence-corrected chi connectivity index (χ4v) is 1.49. The van der Waals surface area contributed by atoms with Crippen LogP contribution in [-0.4, -0.2) is 24.6 Å². The van der Waals surface area contributed by atoms with E-state index in [4.69, 9.17) is 0 Å². The van der Waals surface area contributed by atoms with Gasteiger partial charge in [0.25, 0.3) is 0 Å². The summed E-state index contributed by atoms with van der Waals surface area (Å²) < 4.78 is 4.63. The predicted octanol–water partition coefficient (Wildman–Crippen LogP) is 1.44. The van der Waals surface area contributed by atoms with Gasteiger partial charge in [0.1, 0.15) is 0 Å². The first-order chi connectivity index (χ1) is 5.83. The number of likely N-dealkylation sites (tertiary alicyclic amines) is 1. The molecule has 2 rings (SSSR count). The molecule has 0 spiro atoms. The maximum absolute atomic E-state index is 11.2. The van der Waals surface area contributed by atoms with Crippen molar-refractivity contribution in [2.75, 3.05) is 13.7 Å². The molecule has 1 aliphatic carbocycles. The monoisotopic (exact) mass is 163 g/mol. The molecule has 0 aromatic carbocycles. The normalized spacial score (nSPS) is 18.9. The summed E-state index contributed by atoms with van der Waals surface area (Å²) in [5, 5.41) is 0. The Morgan fingerprint density at radius 2 is 2.58 bits per heavy atom. The highest BCUT2D eigenvalue weighted by Crippen LogP contribution is 2.29. The summed E-state index contributed by atoms with van der Waals surface area (Å²) in [7, 11) is 1.40. The van der Waals surface area contributed by atoms with E-state index in [1.807, 2.05) is 12.2 Å². The van der Waals surface area contributed by atoms with E-state index in [1.54, 1.807) is 4.90 Å². The molecule has 0 aromatic heterocycles. The number of methoxy groups -OCH3 is 1. The van der Waals surface area contributed by atoms with Crippen molar-refractivity contribution in [2.45, 2.75) is 6.42 Å². The average Bonchev–Trinajstić information content (AvgIpc) is 2.62. The number of rotatable bonds is 0. The average molecular weight is 163 g/mol. The van der Waals surface area contributed by atoms with Crippen LogP contribution in [0.3, 0.4) is 0 Å². The van der Waals surface area contributed by atoms with Crippen LogP contribution >= 0.6 is 0 Å². The molecule has 1 saturated heterocycles. The topological polar surface area (TPSA) is 29.5 Å². The Balaban J connectivity index is 2.23. The van der Waals surface area contributed by atoms with Crippen LogP contribution in [0.15, 0.2) is 29.2 Å². The number of fused-ring (bicyclic) bond motifs is 1. The van der Waals surface area contributed by atoms with Crippen molar-refractivity contribution in [3.63, 3.8) is 0 Å². The third-order valence-corrected chi connectivity index (χ3v) is 2.08. The van der Waals surface area contributed by atoms with Crippen molar-refractivity contribution in [3.05, 3.63) is 29.2 Å². The second-order valence-electron chi connectivity index (χ2n) is 2.71. The van der Waals surface area contributed by atoms with Gasteiger partial charge < -0.3 is 4.74 Å². The second kappa shape index (κ2) is 2.54. The molecule has 0 aromatic rings. The number of nitrogens with zero attached hydrogens (tertiary/aromatic N) is 1. The molecule has 62 valence electrons. The first-order valence-electron chi connectivity index (χ1n) is 3.84. The molecular formula is C9H9NO2. The molecule has 0 bridgehead atoms. The Morgan fingerprint density at radius 1 is 1.75 bits per heavy atom. The van der Waals surface area contributed by atoms with Crippen LogP contribution in [0.5, 0.6) is 0 Å². The van der Waals surface area contributed by atoms with Crippen LogP contribution in [0.4, 0.5) is 4.79 Å². The molecule has 1 heterocycles. The zero-order valence-electron chi connectivity index (χ0n) is 6.83. The summed E-state index contributed by atoms with van der Waals surface area (Å²) >= 11 is 0. The minimum Gasteiger partial charge on any atom is -0.452 e. The van der Waals surface area contributed by atoms with Gasteiger partial charge >= 0.3 is 6.09 Å². The minimum atomic E-state index is -0.284. The summed E-state index contributed by atoms with van der Waals surface area (Å²) in [4.78, 5) is 12.8. The SMILES string of the molecule is COC(=O)N1CCC2=C=CC=C21. The fraction of sp³-hybridized carbons (Fsp3) is 0.333. The predicted molar refractivity (Wildman–Crippen MR) is 43.4 cm³/mol. The number of carbonyl (C=O) groups is 1. The molecule has 0 atom stereocenters. The molecule has 2 aliphatic rings. The molecule has 0 unspecified atom stereocenters. The van der Waals surface area contributed by atoms with Gasteiger partial charge in [0.15, 0.2) is 0 Å². The first-order valence-corrected chi connectivity index (χ1v) is 3.84. The zero-order valence-corrected chi connectivity index (χ0v) is 6.83. The molecule has 3 nitrogen and oxygen atoms in total. The minimum absolute atomic E-state index is 0.284. The second-order valence-corrected chi connectivity index (χ2v) is 2.71. The largest absolute Gasteiger partial charge is 0.452 e. The lowest BCUT2D eigenvalue weighted by molar-refractivity contribution is 0.141. The van der Waals surface area contributed by atoms with Gasteiger partial charge in [-0.25, -0.2) is 4.79 Å². The number of amides is 1. The molecule has 1 aliphatic heterocycles. The van der Waals surface area contributed by atoms with Crippen molar-refractivity contribution in [1.82, 2.24) is 4.90 Å². The number of ether oxygens (including phenoxy) is 1. The summed E-state index contributed by atoms with van der Waals surface area (Å²) in [5.41, 5.74) is 5.13. The fourth-order valence-electron chi connectivity index (χ4n) is 1.49. The smallest absolute Gasteiger partial charge is 0.414 e. The molecule has 0 saturated carbocycles. The molecule has 12 heavy (non-hydrogen) atoms. The molecule has 1 fully saturated rings. The van der Waals surface area contributed by atoms with Crippen LogP contribution < -0.4 is 0 Å². The van der Waals surface area contributed by atoms with Crippen molar-refractivity contribution < 1.29 is 9.53 Å². The maximum Gasteiger partial charge on any atom is 0.414 e. The van der Waals surface area contributed by atoms with Gasteiger partial charge in [-0.15, -0.1) is 5.73 Å². The number of hydrogen-bond donors (Lipinski definition) is 0. The van der Waals surface area contributed by atoms with E-state index in [2.05, 4.69) is 10.5 Å². The Labute approximate surface area is 70.6 Å². The maximum atomic E-state index is 11.2. The summed E-state index contributed by atoms with van der Waals surface area (Å²) in [6.45, 7) is 0.717. The van der Waals surface area contributed by atoms with Crippen molar-refractivity contribution >= 4 is 6.09 Å². The van der Waals surface area contributed by atoms with Crippen LogP contribution in [-0.2, 0) is 4.74 Å². The van der Waals surface area contributed by atoms with Crippen LogP contribution in [0.1, 0.15) is 6.42 Å². The Kier molecular flexibility index (Phi) is 1.52. The summed E-state index contributed by atoms with van der Waals surface area (Å²) in [6, 6.07) is 0. The first kappa shape index (κ1) is 7.19. The third-order valence-electron chi connectivity index (χ3n) is 2.08. The van der Waals surface area contributed by atoms with Crippen molar-refractivity contribution in [2.24, 2.45) is 0 Å². The van der Waals surface area contributed by atoms with Gasteiger partial charge in [0.2, 0.25) is 0 Å². The number of allylic oxidation sites excluding steroid dienone is 2. The van der Waals surface area contributed by atoms with E-state index >= 15 is 0 Å². The van der Waals surface area contributed by atoms with E-state index in [0.717, 1.165) is 17.7 Å². The highest BCUT2D eigenvalue weighted by atomic mass is 16.5. The zero-order chi connectivity index (χ0) is 8.55. The van der Waals surface area contributed by atoms with Crippen molar-refractivity contribution in [3.8, 4) is 0 Å². The van der Waals surface area contributed by atoms with E-state index in [9.17, 15) is 4.79 Å². The standard InChI is InChI=1S/C9H9NO2/c1-12-9(11)10-6-5-7-3-2-4-8(7)10/h2,4H,5-6H2,1H3. The summed E-state index contributed by atoms with van der Waals surface area (Å²) in [5.74, 6) is 0. The summed E-state index contributed by atoms with van der Waals surface area (Å²) in [6.07, 6.45) is 4.32. The lowest BCUT2D eigenvalue weighted by Crippen LogP contribution is -2.25. The molecule has 3 heteroatoms. The quantitative estimate of drug-likeness (QED) is 0.506. The van der Waals surface area contributed by atoms with Crippen LogP contribution in [0.2, 0.25) is 0 Å².